The highest BCUT2D eigenvalue weighted by Crippen LogP contribution is 2.22. The van der Waals surface area contributed by atoms with Crippen LogP contribution in [0.1, 0.15) is 25.0 Å². The Bertz CT molecular complexity index is 728. The monoisotopic (exact) mass is 348 g/mol. The normalized spacial score (nSPS) is 13.3. The first-order chi connectivity index (χ1) is 11.5. The van der Waals surface area contributed by atoms with Gasteiger partial charge >= 0.3 is 0 Å². The van der Waals surface area contributed by atoms with Gasteiger partial charge in [0.2, 0.25) is 5.91 Å². The van der Waals surface area contributed by atoms with Crippen molar-refractivity contribution >= 4 is 17.5 Å². The topological polar surface area (TPSA) is 60.3 Å². The van der Waals surface area contributed by atoms with Crippen molar-refractivity contribution in [2.45, 2.75) is 32.0 Å². The molecule has 1 N–H and O–H groups in total. The highest BCUT2D eigenvalue weighted by Gasteiger charge is 2.20. The van der Waals surface area contributed by atoms with E-state index in [9.17, 15) is 9.59 Å². The number of carbonyl (C=O) groups is 1. The Hall–Kier alpha value is -2.11. The summed E-state index contributed by atoms with van der Waals surface area (Å²) in [6.45, 7) is 2.23. The van der Waals surface area contributed by atoms with Crippen LogP contribution in [0.25, 0.3) is 0 Å². The Kier molecular flexibility index (Phi) is 6.58. The summed E-state index contributed by atoms with van der Waals surface area (Å²) in [4.78, 5) is 23.8. The van der Waals surface area contributed by atoms with Crippen molar-refractivity contribution in [2.75, 3.05) is 7.11 Å². The number of aromatic nitrogens is 1. The summed E-state index contributed by atoms with van der Waals surface area (Å²) < 4.78 is 7.02. The highest BCUT2D eigenvalue weighted by atomic mass is 35.5. The molecule has 128 valence electrons. The van der Waals surface area contributed by atoms with Crippen LogP contribution in [0.15, 0.2) is 53.5 Å². The third-order valence-corrected chi connectivity index (χ3v) is 4.03. The maximum Gasteiger partial charge on any atom is 0.250 e. The SMILES string of the molecule is COC(c1ccc(Cl)cc1)C(C)NC(=O)CCn1ccccc1=O. The Morgan fingerprint density at radius 2 is 1.96 bits per heavy atom. The lowest BCUT2D eigenvalue weighted by atomic mass is 10.0. The van der Waals surface area contributed by atoms with Gasteiger partial charge in [0.1, 0.15) is 6.10 Å². The Balaban J connectivity index is 1.93. The fourth-order valence-corrected chi connectivity index (χ4v) is 2.68. The Morgan fingerprint density at radius 3 is 2.58 bits per heavy atom. The predicted octanol–water partition coefficient (Wildman–Crippen LogP) is 2.78. The van der Waals surface area contributed by atoms with Gasteiger partial charge in [0.25, 0.3) is 5.56 Å². The fourth-order valence-electron chi connectivity index (χ4n) is 2.55. The second kappa shape index (κ2) is 8.66. The van der Waals surface area contributed by atoms with Crippen LogP contribution in [0.2, 0.25) is 5.02 Å². The maximum absolute atomic E-state index is 12.1. The molecule has 2 aromatic rings. The molecule has 2 rings (SSSR count). The van der Waals surface area contributed by atoms with Gasteiger partial charge in [0.05, 0.1) is 6.04 Å². The van der Waals surface area contributed by atoms with Gasteiger partial charge in [0.15, 0.2) is 0 Å². The molecule has 24 heavy (non-hydrogen) atoms. The van der Waals surface area contributed by atoms with E-state index in [2.05, 4.69) is 5.32 Å². The van der Waals surface area contributed by atoms with Gasteiger partial charge in [-0.15, -0.1) is 0 Å². The Morgan fingerprint density at radius 1 is 1.25 bits per heavy atom. The van der Waals surface area contributed by atoms with E-state index >= 15 is 0 Å². The van der Waals surface area contributed by atoms with E-state index in [1.807, 2.05) is 19.1 Å². The number of nitrogens with one attached hydrogen (secondary N) is 1. The lowest BCUT2D eigenvalue weighted by Gasteiger charge is -2.24. The number of benzene rings is 1. The molecule has 1 aromatic heterocycles. The van der Waals surface area contributed by atoms with Gasteiger partial charge in [-0.3, -0.25) is 9.59 Å². The number of hydrogen-bond acceptors (Lipinski definition) is 3. The van der Waals surface area contributed by atoms with Crippen molar-refractivity contribution < 1.29 is 9.53 Å². The molecule has 0 saturated carbocycles. The molecular formula is C18H21ClN2O3. The summed E-state index contributed by atoms with van der Waals surface area (Å²) >= 11 is 5.90. The molecule has 0 radical (unpaired) electrons. The smallest absolute Gasteiger partial charge is 0.250 e. The molecule has 0 bridgehead atoms. The first-order valence-electron chi connectivity index (χ1n) is 7.74. The average Bonchev–Trinajstić information content (AvgIpc) is 2.56. The van der Waals surface area contributed by atoms with Gasteiger partial charge in [-0.2, -0.15) is 0 Å². The number of methoxy groups -OCH3 is 1. The van der Waals surface area contributed by atoms with Crippen LogP contribution in [0, 0.1) is 0 Å². The van der Waals surface area contributed by atoms with Gasteiger partial charge in [-0.1, -0.05) is 29.8 Å². The zero-order chi connectivity index (χ0) is 17.5. The number of nitrogens with zero attached hydrogens (tertiary/aromatic N) is 1. The zero-order valence-corrected chi connectivity index (χ0v) is 14.5. The van der Waals surface area contributed by atoms with Crippen LogP contribution in [-0.4, -0.2) is 23.6 Å². The van der Waals surface area contributed by atoms with Crippen molar-refractivity contribution in [3.8, 4) is 0 Å². The molecule has 0 fully saturated rings. The summed E-state index contributed by atoms with van der Waals surface area (Å²) in [5.41, 5.74) is 0.822. The number of halogens is 1. The van der Waals surface area contributed by atoms with Gasteiger partial charge in [0, 0.05) is 37.4 Å². The van der Waals surface area contributed by atoms with E-state index in [1.165, 1.54) is 10.6 Å². The van der Waals surface area contributed by atoms with Crippen LogP contribution in [0.3, 0.4) is 0 Å². The molecule has 6 heteroatoms. The highest BCUT2D eigenvalue weighted by molar-refractivity contribution is 6.30. The molecular weight excluding hydrogens is 328 g/mol. The van der Waals surface area contributed by atoms with Crippen molar-refractivity contribution in [1.29, 1.82) is 0 Å². The van der Waals surface area contributed by atoms with Gasteiger partial charge in [-0.25, -0.2) is 0 Å². The first kappa shape index (κ1) is 18.2. The summed E-state index contributed by atoms with van der Waals surface area (Å²) in [7, 11) is 1.60. The molecule has 0 spiro atoms. The summed E-state index contributed by atoms with van der Waals surface area (Å²) in [6.07, 6.45) is 1.63. The van der Waals surface area contributed by atoms with E-state index in [1.54, 1.807) is 37.6 Å². The van der Waals surface area contributed by atoms with Crippen LogP contribution >= 0.6 is 11.6 Å². The zero-order valence-electron chi connectivity index (χ0n) is 13.7. The lowest BCUT2D eigenvalue weighted by Crippen LogP contribution is -2.38. The quantitative estimate of drug-likeness (QED) is 0.837. The van der Waals surface area contributed by atoms with E-state index in [-0.39, 0.29) is 30.0 Å². The molecule has 1 amide bonds. The van der Waals surface area contributed by atoms with Crippen LogP contribution in [0.5, 0.6) is 0 Å². The predicted molar refractivity (Wildman–Crippen MR) is 94.1 cm³/mol. The number of carbonyl (C=O) groups excluding carboxylic acids is 1. The van der Waals surface area contributed by atoms with E-state index < -0.39 is 0 Å². The number of hydrogen-bond donors (Lipinski definition) is 1. The minimum atomic E-state index is -0.273. The minimum absolute atomic E-state index is 0.116. The molecule has 0 aliphatic carbocycles. The van der Waals surface area contributed by atoms with Crippen molar-refractivity contribution in [3.63, 3.8) is 0 Å². The van der Waals surface area contributed by atoms with Crippen LogP contribution < -0.4 is 10.9 Å². The van der Waals surface area contributed by atoms with Crippen molar-refractivity contribution in [3.05, 3.63) is 69.6 Å². The largest absolute Gasteiger partial charge is 0.375 e. The molecule has 1 aromatic carbocycles. The summed E-state index contributed by atoms with van der Waals surface area (Å²) in [5, 5.41) is 3.57. The molecule has 1 heterocycles. The maximum atomic E-state index is 12.1. The summed E-state index contributed by atoms with van der Waals surface area (Å²) in [6, 6.07) is 12.0. The third kappa shape index (κ3) is 4.94. The number of rotatable bonds is 7. The average molecular weight is 349 g/mol. The standard InChI is InChI=1S/C18H21ClN2O3/c1-13(18(24-2)14-6-8-15(19)9-7-14)20-16(22)10-12-21-11-4-3-5-17(21)23/h3-9,11,13,18H,10,12H2,1-2H3,(H,20,22). The Labute approximate surface area is 146 Å². The lowest BCUT2D eigenvalue weighted by molar-refractivity contribution is -0.122. The second-order valence-corrected chi connectivity index (χ2v) is 5.98. The molecule has 2 atom stereocenters. The molecule has 0 aliphatic heterocycles. The van der Waals surface area contributed by atoms with E-state index in [0.29, 0.717) is 11.6 Å². The number of aryl methyl sites for hydroxylation is 1. The minimum Gasteiger partial charge on any atom is -0.375 e. The molecule has 0 saturated heterocycles. The molecule has 5 nitrogen and oxygen atoms in total. The molecule has 0 aliphatic rings. The third-order valence-electron chi connectivity index (χ3n) is 3.77. The van der Waals surface area contributed by atoms with E-state index in [0.717, 1.165) is 5.56 Å². The van der Waals surface area contributed by atoms with Crippen LogP contribution in [0.4, 0.5) is 0 Å². The van der Waals surface area contributed by atoms with Crippen LogP contribution in [-0.2, 0) is 16.1 Å². The van der Waals surface area contributed by atoms with Crippen molar-refractivity contribution in [1.82, 2.24) is 9.88 Å². The fraction of sp³-hybridized carbons (Fsp3) is 0.333. The number of pyridine rings is 1. The number of ether oxygens (including phenoxy) is 1. The van der Waals surface area contributed by atoms with Crippen molar-refractivity contribution in [2.24, 2.45) is 0 Å². The van der Waals surface area contributed by atoms with Gasteiger partial charge in [-0.05, 0) is 30.7 Å². The van der Waals surface area contributed by atoms with Gasteiger partial charge < -0.3 is 14.6 Å². The van der Waals surface area contributed by atoms with E-state index in [4.69, 9.17) is 16.3 Å². The molecule has 2 unspecified atom stereocenters. The first-order valence-corrected chi connectivity index (χ1v) is 8.12. The second-order valence-electron chi connectivity index (χ2n) is 5.55. The number of amides is 1. The summed E-state index contributed by atoms with van der Waals surface area (Å²) in [5.74, 6) is -0.130.